The molecule has 0 radical (unpaired) electrons. The van der Waals surface area contributed by atoms with Crippen molar-refractivity contribution in [3.8, 4) is 0 Å². The molecule has 0 unspecified atom stereocenters. The van der Waals surface area contributed by atoms with Gasteiger partial charge >= 0.3 is 0 Å². The van der Waals surface area contributed by atoms with Crippen molar-refractivity contribution >= 4 is 17.9 Å². The van der Waals surface area contributed by atoms with E-state index in [1.165, 1.54) is 12.3 Å². The van der Waals surface area contributed by atoms with Crippen molar-refractivity contribution in [1.82, 2.24) is 0 Å². The summed E-state index contributed by atoms with van der Waals surface area (Å²) in [5.74, 6) is 0. The summed E-state index contributed by atoms with van der Waals surface area (Å²) in [4.78, 5) is 0. The Kier molecular flexibility index (Phi) is 3.19. The number of hydrogen-bond donors (Lipinski definition) is 0. The quantitative estimate of drug-likeness (QED) is 0.516. The van der Waals surface area contributed by atoms with Crippen molar-refractivity contribution in [2.24, 2.45) is 0 Å². The molecule has 7 heavy (non-hydrogen) atoms. The van der Waals surface area contributed by atoms with Crippen molar-refractivity contribution in [2.45, 2.75) is 13.8 Å². The van der Waals surface area contributed by atoms with Gasteiger partial charge in [-0.05, 0) is 13.8 Å². The zero-order valence-corrected chi connectivity index (χ0v) is 6.89. The van der Waals surface area contributed by atoms with Crippen LogP contribution in [0.1, 0.15) is 13.8 Å². The molecule has 0 amide bonds. The third kappa shape index (κ3) is 3.32. The Labute approximate surface area is 51.4 Å². The molecule has 0 rings (SSSR count). The van der Waals surface area contributed by atoms with E-state index in [1.54, 1.807) is 0 Å². The first-order valence-electron chi connectivity index (χ1n) is 2.66. The van der Waals surface area contributed by atoms with Gasteiger partial charge in [0.05, 0.1) is 30.2 Å². The van der Waals surface area contributed by atoms with Gasteiger partial charge in [-0.3, -0.25) is 0 Å². The predicted octanol–water partition coefficient (Wildman–Crippen LogP) is 2.83. The maximum atomic E-state index is 6.02. The molecule has 0 saturated carbocycles. The normalized spacial score (nSPS) is 12.0. The summed E-state index contributed by atoms with van der Waals surface area (Å²) in [6.45, 7) is 5.56. The van der Waals surface area contributed by atoms with Gasteiger partial charge in [-0.2, -0.15) is 0 Å². The second-order valence-corrected chi connectivity index (χ2v) is 8.14. The van der Waals surface area contributed by atoms with Gasteiger partial charge in [0.15, 0.2) is 0 Å². The second-order valence-electron chi connectivity index (χ2n) is 1.90. The maximum Gasteiger partial charge on any atom is 0.110 e. The lowest BCUT2D eigenvalue weighted by molar-refractivity contribution is 1.40. The monoisotopic (exact) mass is 139 g/mol. The molecular formula is C5H13ClP+. The Morgan fingerprint density at radius 1 is 1.29 bits per heavy atom. The molecule has 0 aromatic rings. The molecule has 0 N–H and O–H groups in total. The molecule has 0 aliphatic rings. The van der Waals surface area contributed by atoms with Crippen molar-refractivity contribution in [3.05, 3.63) is 0 Å². The molecule has 0 saturated heterocycles. The van der Waals surface area contributed by atoms with Crippen molar-refractivity contribution in [2.75, 3.05) is 19.0 Å². The lowest BCUT2D eigenvalue weighted by Crippen LogP contribution is -1.86. The van der Waals surface area contributed by atoms with E-state index in [2.05, 4.69) is 20.5 Å². The van der Waals surface area contributed by atoms with E-state index in [1.807, 2.05) is 0 Å². The van der Waals surface area contributed by atoms with Gasteiger partial charge in [0, 0.05) is 0 Å². The Hall–Kier alpha value is 0.720. The van der Waals surface area contributed by atoms with Gasteiger partial charge < -0.3 is 0 Å². The van der Waals surface area contributed by atoms with Crippen LogP contribution in [0.2, 0.25) is 0 Å². The molecular weight excluding hydrogens is 126 g/mol. The van der Waals surface area contributed by atoms with Crippen LogP contribution < -0.4 is 0 Å². The number of hydrogen-bond acceptors (Lipinski definition) is 0. The first-order chi connectivity index (χ1) is 3.12. The summed E-state index contributed by atoms with van der Waals surface area (Å²) < 4.78 is 0. The molecule has 2 heteroatoms. The van der Waals surface area contributed by atoms with Crippen LogP contribution >= 0.6 is 17.9 Å². The van der Waals surface area contributed by atoms with Crippen LogP contribution in [0, 0.1) is 0 Å². The first-order valence-corrected chi connectivity index (χ1v) is 6.17. The van der Waals surface area contributed by atoms with Crippen LogP contribution in [0.25, 0.3) is 0 Å². The molecule has 44 valence electrons. The lowest BCUT2D eigenvalue weighted by atomic mass is 11.0. The van der Waals surface area contributed by atoms with Gasteiger partial charge in [-0.15, -0.1) is 0 Å². The zero-order valence-electron chi connectivity index (χ0n) is 5.24. The van der Waals surface area contributed by atoms with Gasteiger partial charge in [-0.1, -0.05) is 0 Å². The van der Waals surface area contributed by atoms with Crippen molar-refractivity contribution in [3.63, 3.8) is 0 Å². The molecule has 0 bridgehead atoms. The van der Waals surface area contributed by atoms with Crippen LogP contribution in [-0.2, 0) is 0 Å². The molecule has 0 aliphatic heterocycles. The summed E-state index contributed by atoms with van der Waals surface area (Å²) in [5, 5.41) is 0. The number of rotatable bonds is 2. The van der Waals surface area contributed by atoms with E-state index in [0.29, 0.717) is 0 Å². The molecule has 0 aromatic heterocycles. The standard InChI is InChI=1S/C5H13ClP/c1-4-7(3,6)5-2/h4-5H2,1-3H3/q+1. The van der Waals surface area contributed by atoms with E-state index in [9.17, 15) is 0 Å². The average molecular weight is 140 g/mol. The smallest absolute Gasteiger partial charge is 0.0297 e. The predicted molar refractivity (Wildman–Crippen MR) is 39.8 cm³/mol. The summed E-state index contributed by atoms with van der Waals surface area (Å²) in [5.41, 5.74) is 0. The number of halogens is 1. The fourth-order valence-corrected chi connectivity index (χ4v) is 0.671. The van der Waals surface area contributed by atoms with Crippen LogP contribution in [0.3, 0.4) is 0 Å². The summed E-state index contributed by atoms with van der Waals surface area (Å²) in [7, 11) is 0. The highest BCUT2D eigenvalue weighted by atomic mass is 35.7. The highest BCUT2D eigenvalue weighted by Gasteiger charge is 2.22. The molecule has 0 heterocycles. The minimum atomic E-state index is -0.932. The average Bonchev–Trinajstić information content (AvgIpc) is 1.68. The third-order valence-electron chi connectivity index (χ3n) is 1.32. The van der Waals surface area contributed by atoms with Crippen LogP contribution in [-0.4, -0.2) is 19.0 Å². The zero-order chi connectivity index (χ0) is 5.91. The van der Waals surface area contributed by atoms with Crippen molar-refractivity contribution < 1.29 is 0 Å². The van der Waals surface area contributed by atoms with E-state index in [0.717, 1.165) is 0 Å². The van der Waals surface area contributed by atoms with E-state index < -0.39 is 6.62 Å². The van der Waals surface area contributed by atoms with Gasteiger partial charge in [0.2, 0.25) is 0 Å². The van der Waals surface area contributed by atoms with Crippen molar-refractivity contribution in [1.29, 1.82) is 0 Å². The Morgan fingerprint density at radius 2 is 1.57 bits per heavy atom. The van der Waals surface area contributed by atoms with E-state index in [-0.39, 0.29) is 0 Å². The van der Waals surface area contributed by atoms with E-state index >= 15 is 0 Å². The van der Waals surface area contributed by atoms with Crippen LogP contribution in [0.5, 0.6) is 0 Å². The molecule has 0 nitrogen and oxygen atoms in total. The molecule has 0 fully saturated rings. The molecule has 0 spiro atoms. The van der Waals surface area contributed by atoms with Gasteiger partial charge in [-0.25, -0.2) is 0 Å². The highest BCUT2D eigenvalue weighted by Crippen LogP contribution is 2.59. The summed E-state index contributed by atoms with van der Waals surface area (Å²) in [6.07, 6.45) is 2.34. The second kappa shape index (κ2) is 2.89. The Morgan fingerprint density at radius 3 is 1.57 bits per heavy atom. The Bertz CT molecular complexity index is 46.0. The minimum Gasteiger partial charge on any atom is -0.0297 e. The largest absolute Gasteiger partial charge is 0.110 e. The third-order valence-corrected chi connectivity index (χ3v) is 5.39. The minimum absolute atomic E-state index is 0.932. The van der Waals surface area contributed by atoms with Gasteiger partial charge in [0.1, 0.15) is 6.62 Å². The fourth-order valence-electron chi connectivity index (χ4n) is 0.224. The van der Waals surface area contributed by atoms with Crippen LogP contribution in [0.15, 0.2) is 0 Å². The lowest BCUT2D eigenvalue weighted by Gasteiger charge is -2.05. The van der Waals surface area contributed by atoms with Gasteiger partial charge in [0.25, 0.3) is 0 Å². The highest BCUT2D eigenvalue weighted by molar-refractivity contribution is 7.98. The topological polar surface area (TPSA) is 0 Å². The summed E-state index contributed by atoms with van der Waals surface area (Å²) in [6, 6.07) is 0. The SMILES string of the molecule is CC[P+](C)(Cl)CC. The molecule has 0 aromatic carbocycles. The van der Waals surface area contributed by atoms with Crippen LogP contribution in [0.4, 0.5) is 0 Å². The molecule has 0 aliphatic carbocycles. The van der Waals surface area contributed by atoms with E-state index in [4.69, 9.17) is 11.2 Å². The maximum absolute atomic E-state index is 6.02. The fraction of sp³-hybridized carbons (Fsp3) is 1.00. The Balaban J connectivity index is 3.36. The molecule has 0 atom stereocenters. The summed E-state index contributed by atoms with van der Waals surface area (Å²) >= 11 is 6.02. The first kappa shape index (κ1) is 7.72.